The van der Waals surface area contributed by atoms with Gasteiger partial charge in [0.15, 0.2) is 0 Å². The quantitative estimate of drug-likeness (QED) is 0.812. The van der Waals surface area contributed by atoms with E-state index in [9.17, 15) is 4.79 Å². The third-order valence-electron chi connectivity index (χ3n) is 2.52. The van der Waals surface area contributed by atoms with Gasteiger partial charge in [-0.25, -0.2) is 9.90 Å². The van der Waals surface area contributed by atoms with Crippen LogP contribution in [-0.2, 0) is 16.2 Å². The molecule has 0 radical (unpaired) electrons. The first-order valence-corrected chi connectivity index (χ1v) is 5.44. The Labute approximate surface area is 99.2 Å². The van der Waals surface area contributed by atoms with Gasteiger partial charge in [0.05, 0.1) is 6.54 Å². The van der Waals surface area contributed by atoms with Crippen LogP contribution in [0.25, 0.3) is 0 Å². The molecule has 1 heterocycles. The van der Waals surface area contributed by atoms with Crippen molar-refractivity contribution in [2.45, 2.75) is 19.5 Å². The van der Waals surface area contributed by atoms with Crippen molar-refractivity contribution in [3.63, 3.8) is 0 Å². The van der Waals surface area contributed by atoms with Crippen molar-refractivity contribution >= 4 is 17.7 Å². The van der Waals surface area contributed by atoms with Gasteiger partial charge < -0.3 is 0 Å². The maximum absolute atomic E-state index is 11.7. The fourth-order valence-corrected chi connectivity index (χ4v) is 1.69. The van der Waals surface area contributed by atoms with Gasteiger partial charge in [0.25, 0.3) is 5.91 Å². The number of rotatable bonds is 3. The van der Waals surface area contributed by atoms with Crippen molar-refractivity contribution in [1.82, 2.24) is 9.90 Å². The molecule has 1 aliphatic rings. The lowest BCUT2D eigenvalue weighted by Crippen LogP contribution is -2.34. The molecule has 4 nitrogen and oxygen atoms in total. The Morgan fingerprint density at radius 3 is 2.75 bits per heavy atom. The molecule has 1 aliphatic heterocycles. The van der Waals surface area contributed by atoms with E-state index in [-0.39, 0.29) is 12.5 Å². The zero-order chi connectivity index (χ0) is 11.5. The molecule has 0 aromatic heterocycles. The Morgan fingerprint density at radius 2 is 2.19 bits per heavy atom. The molecule has 86 valence electrons. The number of hydrogen-bond donors (Lipinski definition) is 1. The summed E-state index contributed by atoms with van der Waals surface area (Å²) in [6, 6.07) is 7.54. The number of hydrogen-bond acceptors (Lipinski definition) is 3. The summed E-state index contributed by atoms with van der Waals surface area (Å²) in [7, 11) is 0. The predicted molar refractivity (Wildman–Crippen MR) is 60.5 cm³/mol. The molecule has 1 N–H and O–H groups in total. The third kappa shape index (κ3) is 2.35. The largest absolute Gasteiger partial charge is 0.271 e. The van der Waals surface area contributed by atoms with Gasteiger partial charge in [0, 0.05) is 0 Å². The van der Waals surface area contributed by atoms with Gasteiger partial charge in [-0.05, 0) is 24.3 Å². The number of carbonyl (C=O) groups excluding carboxylic acids is 1. The third-order valence-corrected chi connectivity index (χ3v) is 2.78. The van der Waals surface area contributed by atoms with Crippen molar-refractivity contribution in [3.05, 3.63) is 35.4 Å². The van der Waals surface area contributed by atoms with Crippen LogP contribution in [0, 0.1) is 6.92 Å². The summed E-state index contributed by atoms with van der Waals surface area (Å²) >= 11 is 5.41. The van der Waals surface area contributed by atoms with E-state index in [0.717, 1.165) is 5.56 Å². The molecular formula is C11H13ClN2O2. The van der Waals surface area contributed by atoms with Crippen LogP contribution in [0.3, 0.4) is 0 Å². The normalized spacial score (nSPS) is 20.5. The van der Waals surface area contributed by atoms with E-state index in [0.29, 0.717) is 6.54 Å². The number of carbonyl (C=O) groups is 1. The molecule has 0 bridgehead atoms. The molecule has 0 unspecified atom stereocenters. The van der Waals surface area contributed by atoms with Gasteiger partial charge in [0.1, 0.15) is 12.6 Å². The lowest BCUT2D eigenvalue weighted by molar-refractivity contribution is -0.164. The van der Waals surface area contributed by atoms with E-state index in [4.69, 9.17) is 16.6 Å². The van der Waals surface area contributed by atoms with Crippen molar-refractivity contribution < 1.29 is 9.63 Å². The molecule has 1 saturated heterocycles. The Balaban J connectivity index is 2.01. The average Bonchev–Trinajstić information content (AvgIpc) is 2.63. The molecule has 0 spiro atoms. The number of nitrogens with zero attached hydrogens (tertiary/aromatic N) is 1. The number of amides is 1. The SMILES string of the molecule is Cc1ccc(CN2OC[C@@H](NCl)C2=O)cc1. The Hall–Kier alpha value is -1.10. The second kappa shape index (κ2) is 4.82. The van der Waals surface area contributed by atoms with Crippen molar-refractivity contribution in [1.29, 1.82) is 0 Å². The first-order chi connectivity index (χ1) is 7.70. The summed E-state index contributed by atoms with van der Waals surface area (Å²) in [5.74, 6) is -0.129. The first-order valence-electron chi connectivity index (χ1n) is 5.06. The lowest BCUT2D eigenvalue weighted by Gasteiger charge is -2.14. The molecule has 1 amide bonds. The minimum absolute atomic E-state index is 0.129. The van der Waals surface area contributed by atoms with Crippen LogP contribution in [0.5, 0.6) is 0 Å². The average molecular weight is 241 g/mol. The van der Waals surface area contributed by atoms with Crippen LogP contribution >= 0.6 is 11.8 Å². The molecule has 1 aromatic carbocycles. The minimum Gasteiger partial charge on any atom is -0.271 e. The number of benzene rings is 1. The molecule has 2 rings (SSSR count). The minimum atomic E-state index is -0.438. The summed E-state index contributed by atoms with van der Waals surface area (Å²) in [4.78, 5) is 19.3. The molecule has 1 fully saturated rings. The predicted octanol–water partition coefficient (Wildman–Crippen LogP) is 1.38. The standard InChI is InChI=1S/C11H13ClN2O2/c1-8-2-4-9(5-3-8)6-14-11(15)10(13-12)7-16-14/h2-5,10,13H,6-7H2,1H3/t10-/m1/s1. The topological polar surface area (TPSA) is 41.6 Å². The summed E-state index contributed by atoms with van der Waals surface area (Å²) in [5.41, 5.74) is 2.23. The van der Waals surface area contributed by atoms with Crippen LogP contribution in [0.1, 0.15) is 11.1 Å². The van der Waals surface area contributed by atoms with Crippen LogP contribution in [0.4, 0.5) is 0 Å². The van der Waals surface area contributed by atoms with Crippen LogP contribution in [0.2, 0.25) is 0 Å². The maximum Gasteiger partial charge on any atom is 0.267 e. The van der Waals surface area contributed by atoms with Crippen LogP contribution in [0.15, 0.2) is 24.3 Å². The van der Waals surface area contributed by atoms with E-state index in [1.54, 1.807) is 0 Å². The molecule has 0 saturated carbocycles. The van der Waals surface area contributed by atoms with E-state index in [2.05, 4.69) is 4.84 Å². The van der Waals surface area contributed by atoms with E-state index >= 15 is 0 Å². The highest BCUT2D eigenvalue weighted by molar-refractivity contribution is 6.15. The number of nitrogens with one attached hydrogen (secondary N) is 1. The zero-order valence-electron chi connectivity index (χ0n) is 8.94. The van der Waals surface area contributed by atoms with E-state index in [1.807, 2.05) is 31.2 Å². The van der Waals surface area contributed by atoms with Gasteiger partial charge in [-0.1, -0.05) is 29.8 Å². The summed E-state index contributed by atoms with van der Waals surface area (Å²) in [6.45, 7) is 2.76. The van der Waals surface area contributed by atoms with E-state index in [1.165, 1.54) is 10.6 Å². The smallest absolute Gasteiger partial charge is 0.267 e. The Morgan fingerprint density at radius 1 is 1.50 bits per heavy atom. The van der Waals surface area contributed by atoms with Gasteiger partial charge in [-0.15, -0.1) is 0 Å². The number of hydroxylamine groups is 2. The van der Waals surface area contributed by atoms with Gasteiger partial charge in [-0.3, -0.25) is 9.63 Å². The first kappa shape index (κ1) is 11.4. The highest BCUT2D eigenvalue weighted by Gasteiger charge is 2.32. The van der Waals surface area contributed by atoms with Gasteiger partial charge in [-0.2, -0.15) is 0 Å². The molecule has 5 heteroatoms. The number of aryl methyl sites for hydroxylation is 1. The molecule has 1 atom stereocenters. The Bertz CT molecular complexity index is 380. The molecule has 0 aliphatic carbocycles. The monoisotopic (exact) mass is 240 g/mol. The molecule has 1 aromatic rings. The van der Waals surface area contributed by atoms with Crippen molar-refractivity contribution in [3.8, 4) is 0 Å². The summed E-state index contributed by atoms with van der Waals surface area (Å²) in [6.07, 6.45) is 0. The second-order valence-corrected chi connectivity index (χ2v) is 4.04. The Kier molecular flexibility index (Phi) is 3.43. The highest BCUT2D eigenvalue weighted by atomic mass is 35.5. The van der Waals surface area contributed by atoms with Gasteiger partial charge >= 0.3 is 0 Å². The second-order valence-electron chi connectivity index (χ2n) is 3.82. The highest BCUT2D eigenvalue weighted by Crippen LogP contribution is 2.13. The summed E-state index contributed by atoms with van der Waals surface area (Å²) in [5, 5.41) is 1.34. The maximum atomic E-state index is 11.7. The van der Waals surface area contributed by atoms with Crippen molar-refractivity contribution in [2.75, 3.05) is 6.61 Å². The number of halogens is 1. The fraction of sp³-hybridized carbons (Fsp3) is 0.364. The zero-order valence-corrected chi connectivity index (χ0v) is 9.70. The van der Waals surface area contributed by atoms with Gasteiger partial charge in [0.2, 0.25) is 0 Å². The van der Waals surface area contributed by atoms with Crippen LogP contribution in [-0.4, -0.2) is 23.6 Å². The summed E-state index contributed by atoms with van der Waals surface area (Å²) < 4.78 is 0. The van der Waals surface area contributed by atoms with E-state index < -0.39 is 6.04 Å². The lowest BCUT2D eigenvalue weighted by atomic mass is 10.1. The van der Waals surface area contributed by atoms with Crippen molar-refractivity contribution in [2.24, 2.45) is 0 Å². The molecule has 16 heavy (non-hydrogen) atoms. The van der Waals surface area contributed by atoms with Crippen LogP contribution < -0.4 is 4.84 Å². The molecular weight excluding hydrogens is 228 g/mol. The fourth-order valence-electron chi connectivity index (χ4n) is 1.53.